The molecule has 0 bridgehead atoms. The lowest BCUT2D eigenvalue weighted by molar-refractivity contribution is 0.626. The van der Waals surface area contributed by atoms with Gasteiger partial charge in [-0.3, -0.25) is 0 Å². The van der Waals surface area contributed by atoms with Gasteiger partial charge < -0.3 is 0 Å². The number of rotatable bonds is 1. The highest BCUT2D eigenvalue weighted by Gasteiger charge is 2.02. The number of aromatic nitrogens is 1. The van der Waals surface area contributed by atoms with Crippen LogP contribution in [0.1, 0.15) is 5.69 Å². The molecule has 0 aliphatic carbocycles. The smallest absolute Gasteiger partial charge is 0.131 e. The Labute approximate surface area is 92.5 Å². The third kappa shape index (κ3) is 2.34. The van der Waals surface area contributed by atoms with Crippen molar-refractivity contribution in [1.29, 1.82) is 0 Å². The van der Waals surface area contributed by atoms with Gasteiger partial charge in [0.05, 0.1) is 0 Å². The van der Waals surface area contributed by atoms with Gasteiger partial charge in [-0.05, 0) is 36.2 Å². The van der Waals surface area contributed by atoms with Crippen molar-refractivity contribution in [3.8, 4) is 11.1 Å². The first-order valence-corrected chi connectivity index (χ1v) is 4.85. The molecule has 3 heteroatoms. The van der Waals surface area contributed by atoms with Crippen molar-refractivity contribution in [2.45, 2.75) is 6.92 Å². The molecule has 0 aliphatic heterocycles. The fraction of sp³-hybridized carbons (Fsp3) is 0.0833. The summed E-state index contributed by atoms with van der Waals surface area (Å²) in [6.07, 6.45) is 0. The second-order valence-electron chi connectivity index (χ2n) is 3.23. The summed E-state index contributed by atoms with van der Waals surface area (Å²) < 4.78 is 12.9. The largest absolute Gasteiger partial charge is 0.241 e. The summed E-state index contributed by atoms with van der Waals surface area (Å²) >= 11 is 5.82. The Bertz CT molecular complexity index is 476. The molecule has 1 nitrogen and oxygen atoms in total. The Hall–Kier alpha value is -1.41. The van der Waals surface area contributed by atoms with E-state index in [1.165, 1.54) is 6.07 Å². The minimum Gasteiger partial charge on any atom is -0.241 e. The van der Waals surface area contributed by atoms with E-state index in [4.69, 9.17) is 11.6 Å². The number of hydrogen-bond donors (Lipinski definition) is 0. The quantitative estimate of drug-likeness (QED) is 0.669. The maximum absolute atomic E-state index is 12.9. The molecule has 0 atom stereocenters. The van der Waals surface area contributed by atoms with Crippen molar-refractivity contribution in [2.24, 2.45) is 0 Å². The highest BCUT2D eigenvalue weighted by atomic mass is 35.5. The molecule has 0 saturated carbocycles. The molecule has 1 aromatic carbocycles. The lowest BCUT2D eigenvalue weighted by atomic mass is 10.1. The van der Waals surface area contributed by atoms with Gasteiger partial charge in [0.1, 0.15) is 11.0 Å². The van der Waals surface area contributed by atoms with Crippen LogP contribution in [0.25, 0.3) is 11.1 Å². The van der Waals surface area contributed by atoms with Crippen LogP contribution in [0.2, 0.25) is 5.15 Å². The van der Waals surface area contributed by atoms with E-state index in [0.29, 0.717) is 10.7 Å². The van der Waals surface area contributed by atoms with E-state index in [1.807, 2.05) is 13.0 Å². The predicted octanol–water partition coefficient (Wildman–Crippen LogP) is 3.65. The van der Waals surface area contributed by atoms with Crippen LogP contribution in [0.15, 0.2) is 30.3 Å². The molecule has 1 radical (unpaired) electrons. The van der Waals surface area contributed by atoms with Crippen molar-refractivity contribution in [1.82, 2.24) is 4.98 Å². The first-order valence-electron chi connectivity index (χ1n) is 4.47. The number of pyridine rings is 1. The molecule has 0 saturated heterocycles. The second-order valence-corrected chi connectivity index (χ2v) is 3.62. The summed E-state index contributed by atoms with van der Waals surface area (Å²) in [4.78, 5) is 4.04. The Kier molecular flexibility index (Phi) is 2.69. The summed E-state index contributed by atoms with van der Waals surface area (Å²) in [6, 6.07) is 11.0. The van der Waals surface area contributed by atoms with Gasteiger partial charge in [0, 0.05) is 11.8 Å². The minimum absolute atomic E-state index is 0.377. The molecule has 0 aliphatic rings. The van der Waals surface area contributed by atoms with Gasteiger partial charge in [-0.25, -0.2) is 9.37 Å². The minimum atomic E-state index is -0.377. The van der Waals surface area contributed by atoms with Crippen LogP contribution < -0.4 is 0 Å². The van der Waals surface area contributed by atoms with Gasteiger partial charge in [0.15, 0.2) is 0 Å². The Morgan fingerprint density at radius 2 is 2.13 bits per heavy atom. The predicted molar refractivity (Wildman–Crippen MR) is 58.2 cm³/mol. The Balaban J connectivity index is 2.54. The average Bonchev–Trinajstić information content (AvgIpc) is 2.16. The van der Waals surface area contributed by atoms with E-state index in [-0.39, 0.29) is 5.82 Å². The first kappa shape index (κ1) is 10.1. The van der Waals surface area contributed by atoms with Crippen LogP contribution in [0.3, 0.4) is 0 Å². The molecule has 1 heterocycles. The number of hydrogen-bond acceptors (Lipinski definition) is 1. The van der Waals surface area contributed by atoms with E-state index in [2.05, 4.69) is 11.1 Å². The van der Waals surface area contributed by atoms with Crippen LogP contribution in [0.5, 0.6) is 0 Å². The lowest BCUT2D eigenvalue weighted by Crippen LogP contribution is -1.86. The standard InChI is InChI=1S/C12H8ClFN/c1-8-5-10(7-12(13)15-8)9-3-2-4-11(14)6-9/h2-5,7H,1H3. The summed E-state index contributed by atoms with van der Waals surface area (Å²) in [6.45, 7) is 1.84. The maximum atomic E-state index is 12.9. The van der Waals surface area contributed by atoms with Gasteiger partial charge in [-0.2, -0.15) is 0 Å². The van der Waals surface area contributed by atoms with Crippen LogP contribution >= 0.6 is 11.6 Å². The SMILES string of the molecule is Cc1cc(-c2[c]c(F)ccc2)cc(Cl)n1. The van der Waals surface area contributed by atoms with E-state index in [9.17, 15) is 4.39 Å². The molecular formula is C12H8ClFN. The molecule has 0 spiro atoms. The van der Waals surface area contributed by atoms with Gasteiger partial charge >= 0.3 is 0 Å². The van der Waals surface area contributed by atoms with E-state index in [0.717, 1.165) is 11.3 Å². The lowest BCUT2D eigenvalue weighted by Gasteiger charge is -2.03. The zero-order chi connectivity index (χ0) is 10.8. The molecule has 2 rings (SSSR count). The number of nitrogens with zero attached hydrogens (tertiary/aromatic N) is 1. The van der Waals surface area contributed by atoms with Crippen molar-refractivity contribution in [3.63, 3.8) is 0 Å². The van der Waals surface area contributed by atoms with E-state index >= 15 is 0 Å². The van der Waals surface area contributed by atoms with Crippen LogP contribution in [-0.2, 0) is 0 Å². The average molecular weight is 221 g/mol. The highest BCUT2D eigenvalue weighted by Crippen LogP contribution is 2.22. The molecule has 15 heavy (non-hydrogen) atoms. The van der Waals surface area contributed by atoms with Crippen LogP contribution in [0, 0.1) is 18.8 Å². The van der Waals surface area contributed by atoms with E-state index < -0.39 is 0 Å². The second kappa shape index (κ2) is 3.99. The number of halogens is 2. The summed E-state index contributed by atoms with van der Waals surface area (Å²) in [5.41, 5.74) is 2.31. The first-order chi connectivity index (χ1) is 7.15. The van der Waals surface area contributed by atoms with Gasteiger partial charge in [0.25, 0.3) is 0 Å². The maximum Gasteiger partial charge on any atom is 0.131 e. The van der Waals surface area contributed by atoms with Crippen molar-refractivity contribution in [3.05, 3.63) is 53.1 Å². The summed E-state index contributed by atoms with van der Waals surface area (Å²) in [5, 5.41) is 0.405. The molecule has 0 fully saturated rings. The van der Waals surface area contributed by atoms with Crippen LogP contribution in [-0.4, -0.2) is 4.98 Å². The third-order valence-electron chi connectivity index (χ3n) is 1.99. The molecule has 0 N–H and O–H groups in total. The fourth-order valence-corrected chi connectivity index (χ4v) is 1.64. The molecule has 0 unspecified atom stereocenters. The van der Waals surface area contributed by atoms with Crippen molar-refractivity contribution in [2.75, 3.05) is 0 Å². The number of benzene rings is 1. The third-order valence-corrected chi connectivity index (χ3v) is 2.19. The fourth-order valence-electron chi connectivity index (χ4n) is 1.39. The molecule has 0 amide bonds. The Morgan fingerprint density at radius 3 is 2.80 bits per heavy atom. The molecular weight excluding hydrogens is 213 g/mol. The zero-order valence-electron chi connectivity index (χ0n) is 8.09. The molecule has 2 aromatic rings. The molecule has 75 valence electrons. The van der Waals surface area contributed by atoms with E-state index in [1.54, 1.807) is 18.2 Å². The van der Waals surface area contributed by atoms with Gasteiger partial charge in [-0.15, -0.1) is 0 Å². The summed E-state index contributed by atoms with van der Waals surface area (Å²) in [7, 11) is 0. The number of aryl methyl sites for hydroxylation is 1. The van der Waals surface area contributed by atoms with Crippen molar-refractivity contribution >= 4 is 11.6 Å². The van der Waals surface area contributed by atoms with Crippen molar-refractivity contribution < 1.29 is 4.39 Å². The normalized spacial score (nSPS) is 10.3. The Morgan fingerprint density at radius 1 is 1.33 bits per heavy atom. The van der Waals surface area contributed by atoms with Crippen LogP contribution in [0.4, 0.5) is 4.39 Å². The topological polar surface area (TPSA) is 12.9 Å². The molecule has 1 aromatic heterocycles. The van der Waals surface area contributed by atoms with Gasteiger partial charge in [0.2, 0.25) is 0 Å². The van der Waals surface area contributed by atoms with Gasteiger partial charge in [-0.1, -0.05) is 23.7 Å². The highest BCUT2D eigenvalue weighted by molar-refractivity contribution is 6.29. The summed E-state index contributed by atoms with van der Waals surface area (Å²) in [5.74, 6) is -0.377. The monoisotopic (exact) mass is 220 g/mol. The zero-order valence-corrected chi connectivity index (χ0v) is 8.85.